The molecule has 0 aliphatic carbocycles. The van der Waals surface area contributed by atoms with Crippen LogP contribution in [0, 0.1) is 5.92 Å². The SMILES string of the molecule is CN=C(NCC1CCCOC1c1ccccc1)NC1CN(C(=O)OC(C)(C)C)C1.I. The van der Waals surface area contributed by atoms with E-state index in [1.165, 1.54) is 5.56 Å². The first-order valence-electron chi connectivity index (χ1n) is 10.5. The number of guanidine groups is 1. The topological polar surface area (TPSA) is 75.2 Å². The van der Waals surface area contributed by atoms with Crippen molar-refractivity contribution in [1.82, 2.24) is 15.5 Å². The van der Waals surface area contributed by atoms with Crippen LogP contribution in [0.25, 0.3) is 0 Å². The number of nitrogens with zero attached hydrogens (tertiary/aromatic N) is 2. The van der Waals surface area contributed by atoms with E-state index < -0.39 is 5.60 Å². The first kappa shape index (κ1) is 24.7. The van der Waals surface area contributed by atoms with Crippen LogP contribution in [0.4, 0.5) is 4.79 Å². The Hall–Kier alpha value is -1.55. The average molecular weight is 530 g/mol. The van der Waals surface area contributed by atoms with Crippen molar-refractivity contribution in [2.24, 2.45) is 10.9 Å². The lowest BCUT2D eigenvalue weighted by Crippen LogP contribution is -2.63. The van der Waals surface area contributed by atoms with E-state index in [1.54, 1.807) is 11.9 Å². The summed E-state index contributed by atoms with van der Waals surface area (Å²) < 4.78 is 11.5. The number of ether oxygens (including phenoxy) is 2. The summed E-state index contributed by atoms with van der Waals surface area (Å²) in [4.78, 5) is 18.1. The van der Waals surface area contributed by atoms with E-state index in [0.29, 0.717) is 19.0 Å². The maximum atomic E-state index is 12.1. The van der Waals surface area contributed by atoms with E-state index >= 15 is 0 Å². The molecular weight excluding hydrogens is 495 g/mol. The lowest BCUT2D eigenvalue weighted by Gasteiger charge is -2.40. The zero-order valence-electron chi connectivity index (χ0n) is 18.4. The van der Waals surface area contributed by atoms with Crippen LogP contribution >= 0.6 is 24.0 Å². The summed E-state index contributed by atoms with van der Waals surface area (Å²) >= 11 is 0. The number of benzene rings is 1. The van der Waals surface area contributed by atoms with E-state index in [-0.39, 0.29) is 42.2 Å². The Kier molecular flexibility index (Phi) is 9.21. The fourth-order valence-electron chi connectivity index (χ4n) is 3.72. The molecule has 1 aromatic carbocycles. The summed E-state index contributed by atoms with van der Waals surface area (Å²) in [6.07, 6.45) is 2.06. The predicted molar refractivity (Wildman–Crippen MR) is 129 cm³/mol. The Morgan fingerprint density at radius 1 is 1.27 bits per heavy atom. The molecule has 7 nitrogen and oxygen atoms in total. The molecule has 2 heterocycles. The third kappa shape index (κ3) is 7.01. The Labute approximate surface area is 197 Å². The second-order valence-corrected chi connectivity index (χ2v) is 8.78. The van der Waals surface area contributed by atoms with E-state index in [4.69, 9.17) is 9.47 Å². The predicted octanol–water partition coefficient (Wildman–Crippen LogP) is 3.56. The van der Waals surface area contributed by atoms with Gasteiger partial charge in [-0.2, -0.15) is 0 Å². The summed E-state index contributed by atoms with van der Waals surface area (Å²) in [6, 6.07) is 10.6. The molecule has 2 atom stereocenters. The van der Waals surface area contributed by atoms with Gasteiger partial charge in [0.05, 0.1) is 12.1 Å². The molecular formula is C22H35IN4O3. The summed E-state index contributed by atoms with van der Waals surface area (Å²) in [7, 11) is 1.77. The minimum atomic E-state index is -0.468. The van der Waals surface area contributed by atoms with Crippen molar-refractivity contribution < 1.29 is 14.3 Å². The molecule has 2 N–H and O–H groups in total. The third-order valence-corrected chi connectivity index (χ3v) is 5.20. The van der Waals surface area contributed by atoms with Crippen molar-refractivity contribution in [2.75, 3.05) is 33.3 Å². The second-order valence-electron chi connectivity index (χ2n) is 8.78. The number of carbonyl (C=O) groups excluding carboxylic acids is 1. The van der Waals surface area contributed by atoms with E-state index in [9.17, 15) is 4.79 Å². The van der Waals surface area contributed by atoms with Gasteiger partial charge in [-0.1, -0.05) is 30.3 Å². The quantitative estimate of drug-likeness (QED) is 0.354. The number of amides is 1. The van der Waals surface area contributed by atoms with Gasteiger partial charge in [0.1, 0.15) is 5.60 Å². The first-order chi connectivity index (χ1) is 13.9. The van der Waals surface area contributed by atoms with Crippen molar-refractivity contribution in [3.05, 3.63) is 35.9 Å². The molecule has 0 aromatic heterocycles. The van der Waals surface area contributed by atoms with Gasteiger partial charge in [-0.15, -0.1) is 24.0 Å². The Bertz CT molecular complexity index is 702. The minimum absolute atomic E-state index is 0. The maximum absolute atomic E-state index is 12.1. The van der Waals surface area contributed by atoms with Crippen LogP contribution in [-0.4, -0.2) is 61.9 Å². The molecule has 0 spiro atoms. The Morgan fingerprint density at radius 3 is 2.60 bits per heavy atom. The van der Waals surface area contributed by atoms with Crippen molar-refractivity contribution in [2.45, 2.75) is 51.4 Å². The highest BCUT2D eigenvalue weighted by molar-refractivity contribution is 14.0. The van der Waals surface area contributed by atoms with Crippen molar-refractivity contribution in [3.63, 3.8) is 0 Å². The van der Waals surface area contributed by atoms with Crippen LogP contribution in [0.1, 0.15) is 45.3 Å². The molecule has 168 valence electrons. The molecule has 2 fully saturated rings. The third-order valence-electron chi connectivity index (χ3n) is 5.20. The molecule has 0 saturated carbocycles. The van der Waals surface area contributed by atoms with Gasteiger partial charge in [0.15, 0.2) is 5.96 Å². The number of rotatable bonds is 4. The summed E-state index contributed by atoms with van der Waals surface area (Å²) in [5.74, 6) is 1.15. The monoisotopic (exact) mass is 530 g/mol. The smallest absolute Gasteiger partial charge is 0.410 e. The van der Waals surface area contributed by atoms with Crippen LogP contribution < -0.4 is 10.6 Å². The molecule has 0 bridgehead atoms. The molecule has 1 amide bonds. The van der Waals surface area contributed by atoms with Crippen LogP contribution in [-0.2, 0) is 9.47 Å². The van der Waals surface area contributed by atoms with Crippen molar-refractivity contribution >= 4 is 36.0 Å². The van der Waals surface area contributed by atoms with Gasteiger partial charge < -0.3 is 25.0 Å². The van der Waals surface area contributed by atoms with Gasteiger partial charge in [0, 0.05) is 39.2 Å². The standard InChI is InChI=1S/C22H34N4O3.HI/c1-22(2,3)29-21(27)26-14-18(15-26)25-20(23-4)24-13-17-11-8-12-28-19(17)16-9-6-5-7-10-16;/h5-7,9-10,17-19H,8,11-15H2,1-4H3,(H2,23,24,25);1H. The molecule has 2 aliphatic rings. The number of hydrogen-bond acceptors (Lipinski definition) is 4. The van der Waals surface area contributed by atoms with Crippen molar-refractivity contribution in [3.8, 4) is 0 Å². The van der Waals surface area contributed by atoms with E-state index in [1.807, 2.05) is 26.8 Å². The van der Waals surface area contributed by atoms with E-state index in [0.717, 1.165) is 32.0 Å². The summed E-state index contributed by atoms with van der Waals surface area (Å²) in [5.41, 5.74) is 0.763. The van der Waals surface area contributed by atoms with Crippen LogP contribution in [0.3, 0.4) is 0 Å². The highest BCUT2D eigenvalue weighted by atomic mass is 127. The molecule has 2 aliphatic heterocycles. The molecule has 8 heteroatoms. The number of aliphatic imine (C=N–C) groups is 1. The normalized spacial score (nSPS) is 22.5. The summed E-state index contributed by atoms with van der Waals surface area (Å²) in [5, 5.41) is 6.84. The number of hydrogen-bond donors (Lipinski definition) is 2. The number of carbonyl (C=O) groups is 1. The molecule has 3 rings (SSSR count). The molecule has 2 unspecified atom stereocenters. The largest absolute Gasteiger partial charge is 0.444 e. The number of likely N-dealkylation sites (tertiary alicyclic amines) is 1. The molecule has 2 saturated heterocycles. The van der Waals surface area contributed by atoms with Gasteiger partial charge in [-0.25, -0.2) is 4.79 Å². The molecule has 30 heavy (non-hydrogen) atoms. The van der Waals surface area contributed by atoms with Crippen LogP contribution in [0.5, 0.6) is 0 Å². The van der Waals surface area contributed by atoms with Gasteiger partial charge >= 0.3 is 6.09 Å². The van der Waals surface area contributed by atoms with Crippen LogP contribution in [0.2, 0.25) is 0 Å². The van der Waals surface area contributed by atoms with Gasteiger partial charge in [-0.3, -0.25) is 4.99 Å². The Balaban J connectivity index is 0.00000320. The first-order valence-corrected chi connectivity index (χ1v) is 10.5. The van der Waals surface area contributed by atoms with E-state index in [2.05, 4.69) is 39.9 Å². The fraction of sp³-hybridized carbons (Fsp3) is 0.636. The molecule has 0 radical (unpaired) electrons. The highest BCUT2D eigenvalue weighted by Gasteiger charge is 2.34. The van der Waals surface area contributed by atoms with Gasteiger partial charge in [0.25, 0.3) is 0 Å². The lowest BCUT2D eigenvalue weighted by atomic mass is 9.89. The van der Waals surface area contributed by atoms with Gasteiger partial charge in [-0.05, 0) is 39.2 Å². The maximum Gasteiger partial charge on any atom is 0.410 e. The van der Waals surface area contributed by atoms with Crippen molar-refractivity contribution in [1.29, 1.82) is 0 Å². The van der Waals surface area contributed by atoms with Crippen LogP contribution in [0.15, 0.2) is 35.3 Å². The second kappa shape index (κ2) is 11.2. The fourth-order valence-corrected chi connectivity index (χ4v) is 3.72. The van der Waals surface area contributed by atoms with Gasteiger partial charge in [0.2, 0.25) is 0 Å². The Morgan fingerprint density at radius 2 is 1.97 bits per heavy atom. The number of halogens is 1. The minimum Gasteiger partial charge on any atom is -0.444 e. The number of nitrogens with one attached hydrogen (secondary N) is 2. The molecule has 1 aromatic rings. The lowest BCUT2D eigenvalue weighted by molar-refractivity contribution is -0.0266. The average Bonchev–Trinajstić information content (AvgIpc) is 2.66. The summed E-state index contributed by atoms with van der Waals surface area (Å²) in [6.45, 7) is 8.48. The zero-order valence-corrected chi connectivity index (χ0v) is 20.7. The zero-order chi connectivity index (χ0) is 20.9. The highest BCUT2D eigenvalue weighted by Crippen LogP contribution is 2.33.